The van der Waals surface area contributed by atoms with Gasteiger partial charge in [0.15, 0.2) is 0 Å². The molecule has 0 unspecified atom stereocenters. The molecule has 0 atom stereocenters. The molecule has 2 rings (SSSR count). The average Bonchev–Trinajstić information content (AvgIpc) is 2.15. The van der Waals surface area contributed by atoms with Crippen LogP contribution < -0.4 is 4.90 Å². The van der Waals surface area contributed by atoms with Crippen LogP contribution in [0, 0.1) is 13.8 Å². The Kier molecular flexibility index (Phi) is 1.95. The van der Waals surface area contributed by atoms with Crippen LogP contribution in [-0.2, 0) is 11.3 Å². The smallest absolute Gasteiger partial charge is 0.414 e. The number of hydrogen-bond acceptors (Lipinski definition) is 2. The van der Waals surface area contributed by atoms with Crippen molar-refractivity contribution in [1.29, 1.82) is 0 Å². The molecular weight excluding hydrogens is 178 g/mol. The van der Waals surface area contributed by atoms with E-state index in [4.69, 9.17) is 4.74 Å². The molecule has 1 aromatic carbocycles. The van der Waals surface area contributed by atoms with E-state index in [2.05, 4.69) is 13.0 Å². The van der Waals surface area contributed by atoms with Crippen LogP contribution in [0.3, 0.4) is 0 Å². The van der Waals surface area contributed by atoms with Gasteiger partial charge in [0.2, 0.25) is 0 Å². The molecule has 74 valence electrons. The summed E-state index contributed by atoms with van der Waals surface area (Å²) in [5.74, 6) is 0. The summed E-state index contributed by atoms with van der Waals surface area (Å²) in [6, 6.07) is 4.11. The number of nitrogens with zero attached hydrogens (tertiary/aromatic N) is 1. The summed E-state index contributed by atoms with van der Waals surface area (Å²) < 4.78 is 5.00. The first kappa shape index (κ1) is 9.06. The first-order valence-corrected chi connectivity index (χ1v) is 4.60. The maximum atomic E-state index is 11.3. The van der Waals surface area contributed by atoms with Crippen LogP contribution in [0.15, 0.2) is 12.1 Å². The van der Waals surface area contributed by atoms with Crippen molar-refractivity contribution in [2.24, 2.45) is 0 Å². The van der Waals surface area contributed by atoms with Crippen LogP contribution in [0.1, 0.15) is 16.7 Å². The standard InChI is InChI=1S/C11H13NO2/c1-7-4-9-6-14-11(13)12(3)10(9)5-8(7)2/h4-5H,6H2,1-3H3. The van der Waals surface area contributed by atoms with Crippen molar-refractivity contribution < 1.29 is 9.53 Å². The molecule has 0 fully saturated rings. The van der Waals surface area contributed by atoms with Gasteiger partial charge in [0.1, 0.15) is 6.61 Å². The van der Waals surface area contributed by atoms with E-state index in [1.807, 2.05) is 13.0 Å². The zero-order valence-corrected chi connectivity index (χ0v) is 8.63. The number of benzene rings is 1. The van der Waals surface area contributed by atoms with Crippen LogP contribution in [0.4, 0.5) is 10.5 Å². The minimum atomic E-state index is -0.277. The molecule has 1 heterocycles. The number of amides is 1. The summed E-state index contributed by atoms with van der Waals surface area (Å²) in [5, 5.41) is 0. The number of carbonyl (C=O) groups excluding carboxylic acids is 1. The molecule has 0 saturated carbocycles. The fourth-order valence-corrected chi connectivity index (χ4v) is 1.62. The van der Waals surface area contributed by atoms with Gasteiger partial charge < -0.3 is 4.74 Å². The van der Waals surface area contributed by atoms with E-state index in [9.17, 15) is 4.79 Å². The van der Waals surface area contributed by atoms with Gasteiger partial charge >= 0.3 is 6.09 Å². The Morgan fingerprint density at radius 2 is 1.93 bits per heavy atom. The summed E-state index contributed by atoms with van der Waals surface area (Å²) in [6.07, 6.45) is -0.277. The number of hydrogen-bond donors (Lipinski definition) is 0. The third-order valence-electron chi connectivity index (χ3n) is 2.68. The van der Waals surface area contributed by atoms with E-state index in [0.717, 1.165) is 11.3 Å². The van der Waals surface area contributed by atoms with Gasteiger partial charge in [-0.1, -0.05) is 6.07 Å². The van der Waals surface area contributed by atoms with Crippen LogP contribution in [0.5, 0.6) is 0 Å². The first-order chi connectivity index (χ1) is 6.59. The topological polar surface area (TPSA) is 29.5 Å². The van der Waals surface area contributed by atoms with Gasteiger partial charge in [-0.15, -0.1) is 0 Å². The SMILES string of the molecule is Cc1cc2c(cc1C)N(C)C(=O)OC2. The van der Waals surface area contributed by atoms with Gasteiger partial charge in [0.05, 0.1) is 5.69 Å². The number of ether oxygens (including phenoxy) is 1. The molecular formula is C11H13NO2. The Hall–Kier alpha value is -1.51. The van der Waals surface area contributed by atoms with Crippen molar-refractivity contribution in [3.05, 3.63) is 28.8 Å². The molecule has 3 heteroatoms. The number of rotatable bonds is 0. The van der Waals surface area contributed by atoms with E-state index in [1.165, 1.54) is 11.1 Å². The third-order valence-corrected chi connectivity index (χ3v) is 2.68. The zero-order chi connectivity index (χ0) is 10.3. The van der Waals surface area contributed by atoms with Crippen LogP contribution in [0.25, 0.3) is 0 Å². The Bertz CT molecular complexity index is 399. The number of aryl methyl sites for hydroxylation is 2. The Morgan fingerprint density at radius 1 is 1.29 bits per heavy atom. The molecule has 0 bridgehead atoms. The second-order valence-corrected chi connectivity index (χ2v) is 3.68. The van der Waals surface area contributed by atoms with Gasteiger partial charge in [-0.25, -0.2) is 4.79 Å². The summed E-state index contributed by atoms with van der Waals surface area (Å²) in [7, 11) is 1.73. The summed E-state index contributed by atoms with van der Waals surface area (Å²) in [4.78, 5) is 12.8. The predicted octanol–water partition coefficient (Wildman–Crippen LogP) is 2.39. The lowest BCUT2D eigenvalue weighted by Crippen LogP contribution is -2.32. The number of anilines is 1. The predicted molar refractivity (Wildman–Crippen MR) is 54.5 cm³/mol. The monoisotopic (exact) mass is 191 g/mol. The maximum absolute atomic E-state index is 11.3. The van der Waals surface area contributed by atoms with Crippen molar-refractivity contribution in [3.8, 4) is 0 Å². The third kappa shape index (κ3) is 1.25. The van der Waals surface area contributed by atoms with Gasteiger partial charge in [0.25, 0.3) is 0 Å². The maximum Gasteiger partial charge on any atom is 0.414 e. The fraction of sp³-hybridized carbons (Fsp3) is 0.364. The molecule has 0 saturated heterocycles. The number of carbonyl (C=O) groups is 1. The Labute approximate surface area is 83.3 Å². The normalized spacial score (nSPS) is 15.1. The van der Waals surface area contributed by atoms with Crippen molar-refractivity contribution in [2.75, 3.05) is 11.9 Å². The average molecular weight is 191 g/mol. The largest absolute Gasteiger partial charge is 0.444 e. The molecule has 0 spiro atoms. The second kappa shape index (κ2) is 3.01. The van der Waals surface area contributed by atoms with E-state index in [1.54, 1.807) is 11.9 Å². The van der Waals surface area contributed by atoms with Gasteiger partial charge in [0, 0.05) is 12.6 Å². The summed E-state index contributed by atoms with van der Waals surface area (Å²) >= 11 is 0. The molecule has 1 amide bonds. The molecule has 0 N–H and O–H groups in total. The number of fused-ring (bicyclic) bond motifs is 1. The zero-order valence-electron chi connectivity index (χ0n) is 8.63. The van der Waals surface area contributed by atoms with E-state index < -0.39 is 0 Å². The summed E-state index contributed by atoms with van der Waals surface area (Å²) in [6.45, 7) is 4.50. The fourth-order valence-electron chi connectivity index (χ4n) is 1.62. The first-order valence-electron chi connectivity index (χ1n) is 4.60. The minimum Gasteiger partial charge on any atom is -0.444 e. The lowest BCUT2D eigenvalue weighted by Gasteiger charge is -2.26. The van der Waals surface area contributed by atoms with Crippen LogP contribution >= 0.6 is 0 Å². The highest BCUT2D eigenvalue weighted by Crippen LogP contribution is 2.28. The second-order valence-electron chi connectivity index (χ2n) is 3.68. The Balaban J connectivity index is 2.55. The number of cyclic esters (lactones) is 1. The Morgan fingerprint density at radius 3 is 2.64 bits per heavy atom. The lowest BCUT2D eigenvalue weighted by atomic mass is 10.0. The molecule has 1 aliphatic heterocycles. The van der Waals surface area contributed by atoms with Crippen molar-refractivity contribution in [3.63, 3.8) is 0 Å². The van der Waals surface area contributed by atoms with Crippen molar-refractivity contribution in [1.82, 2.24) is 0 Å². The molecule has 14 heavy (non-hydrogen) atoms. The molecule has 3 nitrogen and oxygen atoms in total. The highest BCUT2D eigenvalue weighted by molar-refractivity contribution is 5.90. The minimum absolute atomic E-state index is 0.277. The lowest BCUT2D eigenvalue weighted by molar-refractivity contribution is 0.143. The molecule has 1 aromatic rings. The van der Waals surface area contributed by atoms with Gasteiger partial charge in [-0.3, -0.25) is 4.90 Å². The van der Waals surface area contributed by atoms with E-state index in [-0.39, 0.29) is 6.09 Å². The quantitative estimate of drug-likeness (QED) is 0.630. The molecule has 0 aliphatic carbocycles. The molecule has 1 aliphatic rings. The molecule has 0 aromatic heterocycles. The highest BCUT2D eigenvalue weighted by Gasteiger charge is 2.22. The van der Waals surface area contributed by atoms with Gasteiger partial charge in [-0.2, -0.15) is 0 Å². The van der Waals surface area contributed by atoms with Crippen LogP contribution in [-0.4, -0.2) is 13.1 Å². The van der Waals surface area contributed by atoms with Crippen LogP contribution in [0.2, 0.25) is 0 Å². The molecule has 0 radical (unpaired) electrons. The van der Waals surface area contributed by atoms with E-state index in [0.29, 0.717) is 6.61 Å². The van der Waals surface area contributed by atoms with Crippen molar-refractivity contribution >= 4 is 11.8 Å². The summed E-state index contributed by atoms with van der Waals surface area (Å²) in [5.41, 5.74) is 4.47. The van der Waals surface area contributed by atoms with Gasteiger partial charge in [-0.05, 0) is 31.0 Å². The highest BCUT2D eigenvalue weighted by atomic mass is 16.6. The van der Waals surface area contributed by atoms with E-state index >= 15 is 0 Å². The van der Waals surface area contributed by atoms with Crippen molar-refractivity contribution in [2.45, 2.75) is 20.5 Å².